The number of piperidine rings is 1. The van der Waals surface area contributed by atoms with Gasteiger partial charge in [0.15, 0.2) is 0 Å². The summed E-state index contributed by atoms with van der Waals surface area (Å²) in [5.74, 6) is 0.760. The van der Waals surface area contributed by atoms with Crippen LogP contribution in [0.5, 0.6) is 0 Å². The van der Waals surface area contributed by atoms with E-state index >= 15 is 0 Å². The summed E-state index contributed by atoms with van der Waals surface area (Å²) in [7, 11) is 1.98. The third-order valence-corrected chi connectivity index (χ3v) is 3.60. The first-order valence-corrected chi connectivity index (χ1v) is 6.03. The Morgan fingerprint density at radius 1 is 1.50 bits per heavy atom. The zero-order chi connectivity index (χ0) is 12.0. The Labute approximate surface area is 97.3 Å². The molecule has 0 aromatic heterocycles. The lowest BCUT2D eigenvalue weighted by Gasteiger charge is -2.34. The molecule has 2 rings (SSSR count). The number of rotatable bonds is 1. The van der Waals surface area contributed by atoms with Crippen molar-refractivity contribution in [1.29, 1.82) is 0 Å². The number of hydrogen-bond donors (Lipinski definition) is 1. The van der Waals surface area contributed by atoms with E-state index in [0.717, 1.165) is 25.4 Å². The summed E-state index contributed by atoms with van der Waals surface area (Å²) in [6.07, 6.45) is 2.12. The number of fused-ring (bicyclic) bond motifs is 1. The molecule has 92 valence electrons. The lowest BCUT2D eigenvalue weighted by atomic mass is 10.1. The van der Waals surface area contributed by atoms with Gasteiger partial charge in [-0.25, -0.2) is 4.79 Å². The zero-order valence-electron chi connectivity index (χ0n) is 10.7. The summed E-state index contributed by atoms with van der Waals surface area (Å²) in [6, 6.07) is 0. The molecular weight excluding hydrogens is 204 g/mol. The van der Waals surface area contributed by atoms with Crippen molar-refractivity contribution in [3.63, 3.8) is 0 Å². The van der Waals surface area contributed by atoms with Gasteiger partial charge in [-0.1, -0.05) is 0 Å². The molecule has 2 aliphatic rings. The molecule has 1 N–H and O–H groups in total. The second-order valence-electron chi connectivity index (χ2n) is 6.00. The fourth-order valence-electron chi connectivity index (χ4n) is 2.55. The Balaban J connectivity index is 1.93. The van der Waals surface area contributed by atoms with Crippen LogP contribution in [0.1, 0.15) is 33.6 Å². The Kier molecular flexibility index (Phi) is 2.65. The molecule has 16 heavy (non-hydrogen) atoms. The van der Waals surface area contributed by atoms with Crippen molar-refractivity contribution < 1.29 is 9.53 Å². The molecule has 4 heteroatoms. The van der Waals surface area contributed by atoms with Gasteiger partial charge in [0, 0.05) is 18.6 Å². The standard InChI is InChI=1S/C12H22N2O2/c1-11(2,3)16-10(15)14-6-5-9-7-12(9,8-14)13-4/h9,13H,5-8H2,1-4H3. The maximum atomic E-state index is 11.9. The van der Waals surface area contributed by atoms with Crippen LogP contribution in [-0.4, -0.2) is 42.3 Å². The van der Waals surface area contributed by atoms with E-state index < -0.39 is 5.60 Å². The summed E-state index contributed by atoms with van der Waals surface area (Å²) in [6.45, 7) is 7.35. The van der Waals surface area contributed by atoms with Crippen molar-refractivity contribution in [2.24, 2.45) is 5.92 Å². The lowest BCUT2D eigenvalue weighted by molar-refractivity contribution is 0.0183. The predicted molar refractivity (Wildman–Crippen MR) is 62.3 cm³/mol. The van der Waals surface area contributed by atoms with Gasteiger partial charge in [-0.2, -0.15) is 0 Å². The fourth-order valence-corrected chi connectivity index (χ4v) is 2.55. The summed E-state index contributed by atoms with van der Waals surface area (Å²) in [4.78, 5) is 13.8. The highest BCUT2D eigenvalue weighted by Gasteiger charge is 2.56. The highest BCUT2D eigenvalue weighted by Crippen LogP contribution is 2.49. The number of carbonyl (C=O) groups excluding carboxylic acids is 1. The van der Waals surface area contributed by atoms with Crippen molar-refractivity contribution in [3.8, 4) is 0 Å². The first kappa shape index (κ1) is 11.7. The van der Waals surface area contributed by atoms with Crippen molar-refractivity contribution >= 4 is 6.09 Å². The van der Waals surface area contributed by atoms with Crippen LogP contribution < -0.4 is 5.32 Å². The van der Waals surface area contributed by atoms with Crippen molar-refractivity contribution in [1.82, 2.24) is 10.2 Å². The van der Waals surface area contributed by atoms with Crippen LogP contribution in [0.25, 0.3) is 0 Å². The molecule has 0 aromatic carbocycles. The summed E-state index contributed by atoms with van der Waals surface area (Å²) < 4.78 is 5.39. The summed E-state index contributed by atoms with van der Waals surface area (Å²) in [5.41, 5.74) is -0.209. The molecule has 2 unspecified atom stereocenters. The van der Waals surface area contributed by atoms with Crippen molar-refractivity contribution in [2.75, 3.05) is 20.1 Å². The molecule has 0 radical (unpaired) electrons. The fraction of sp³-hybridized carbons (Fsp3) is 0.917. The number of nitrogens with zero attached hydrogens (tertiary/aromatic N) is 1. The molecule has 0 bridgehead atoms. The van der Waals surface area contributed by atoms with Gasteiger partial charge in [0.05, 0.1) is 0 Å². The van der Waals surface area contributed by atoms with Crippen molar-refractivity contribution in [2.45, 2.75) is 44.8 Å². The molecule has 1 heterocycles. The molecule has 4 nitrogen and oxygen atoms in total. The molecule has 1 amide bonds. The second kappa shape index (κ2) is 3.62. The number of hydrogen-bond acceptors (Lipinski definition) is 3. The van der Waals surface area contributed by atoms with Crippen LogP contribution >= 0.6 is 0 Å². The summed E-state index contributed by atoms with van der Waals surface area (Å²) >= 11 is 0. The van der Waals surface area contributed by atoms with E-state index in [1.165, 1.54) is 6.42 Å². The third kappa shape index (κ3) is 2.17. The van der Waals surface area contributed by atoms with E-state index in [0.29, 0.717) is 0 Å². The highest BCUT2D eigenvalue weighted by molar-refractivity contribution is 5.68. The molecule has 0 spiro atoms. The second-order valence-corrected chi connectivity index (χ2v) is 6.00. The maximum absolute atomic E-state index is 11.9. The Morgan fingerprint density at radius 2 is 2.19 bits per heavy atom. The highest BCUT2D eigenvalue weighted by atomic mass is 16.6. The number of ether oxygens (including phenoxy) is 1. The molecule has 1 saturated carbocycles. The minimum absolute atomic E-state index is 0.174. The summed E-state index contributed by atoms with van der Waals surface area (Å²) in [5, 5.41) is 3.35. The normalized spacial score (nSPS) is 33.2. The third-order valence-electron chi connectivity index (χ3n) is 3.60. The van der Waals surface area contributed by atoms with Gasteiger partial charge in [0.25, 0.3) is 0 Å². The van der Waals surface area contributed by atoms with Gasteiger partial charge in [0.1, 0.15) is 5.60 Å². The smallest absolute Gasteiger partial charge is 0.410 e. The van der Waals surface area contributed by atoms with Crippen LogP contribution in [0.3, 0.4) is 0 Å². The number of likely N-dealkylation sites (tertiary alicyclic amines) is 1. The van der Waals surface area contributed by atoms with Gasteiger partial charge in [-0.3, -0.25) is 0 Å². The Morgan fingerprint density at radius 3 is 2.75 bits per heavy atom. The first-order valence-electron chi connectivity index (χ1n) is 6.03. The monoisotopic (exact) mass is 226 g/mol. The van der Waals surface area contributed by atoms with Gasteiger partial charge in [0.2, 0.25) is 0 Å². The molecule has 1 aliphatic carbocycles. The van der Waals surface area contributed by atoms with Crippen LogP contribution in [-0.2, 0) is 4.74 Å². The van der Waals surface area contributed by atoms with Crippen LogP contribution in [0.15, 0.2) is 0 Å². The molecular formula is C12H22N2O2. The van der Waals surface area contributed by atoms with E-state index in [4.69, 9.17) is 4.74 Å². The Hall–Kier alpha value is -0.770. The lowest BCUT2D eigenvalue weighted by Crippen LogP contribution is -2.50. The van der Waals surface area contributed by atoms with Gasteiger partial charge in [-0.15, -0.1) is 0 Å². The van der Waals surface area contributed by atoms with E-state index in [2.05, 4.69) is 5.32 Å². The molecule has 2 fully saturated rings. The van der Waals surface area contributed by atoms with E-state index in [1.54, 1.807) is 0 Å². The number of nitrogens with one attached hydrogen (secondary N) is 1. The number of carbonyl (C=O) groups is 1. The quantitative estimate of drug-likeness (QED) is 0.738. The average Bonchev–Trinajstić information content (AvgIpc) is 2.88. The molecule has 1 saturated heterocycles. The number of amides is 1. The predicted octanol–water partition coefficient (Wildman–Crippen LogP) is 1.61. The van der Waals surface area contributed by atoms with Gasteiger partial charge < -0.3 is 15.0 Å². The van der Waals surface area contributed by atoms with Crippen LogP contribution in [0.4, 0.5) is 4.79 Å². The minimum Gasteiger partial charge on any atom is -0.444 e. The molecule has 0 aromatic rings. The van der Waals surface area contributed by atoms with E-state index in [9.17, 15) is 4.79 Å². The Bertz CT molecular complexity index is 298. The van der Waals surface area contributed by atoms with E-state index in [1.807, 2.05) is 32.7 Å². The van der Waals surface area contributed by atoms with E-state index in [-0.39, 0.29) is 11.6 Å². The molecule has 2 atom stereocenters. The van der Waals surface area contributed by atoms with Crippen molar-refractivity contribution in [3.05, 3.63) is 0 Å². The SMILES string of the molecule is CNC12CC1CCN(C(=O)OC(C)(C)C)C2. The van der Waals surface area contributed by atoms with Crippen LogP contribution in [0.2, 0.25) is 0 Å². The van der Waals surface area contributed by atoms with Gasteiger partial charge >= 0.3 is 6.09 Å². The molecule has 1 aliphatic heterocycles. The minimum atomic E-state index is -0.399. The zero-order valence-corrected chi connectivity index (χ0v) is 10.7. The largest absolute Gasteiger partial charge is 0.444 e. The topological polar surface area (TPSA) is 41.6 Å². The maximum Gasteiger partial charge on any atom is 0.410 e. The average molecular weight is 226 g/mol. The first-order chi connectivity index (χ1) is 7.36. The number of likely N-dealkylation sites (N-methyl/N-ethyl adjacent to an activating group) is 1. The van der Waals surface area contributed by atoms with Crippen LogP contribution in [0, 0.1) is 5.92 Å². The van der Waals surface area contributed by atoms with Gasteiger partial charge in [-0.05, 0) is 46.6 Å².